The summed E-state index contributed by atoms with van der Waals surface area (Å²) in [6.07, 6.45) is 0.874. The van der Waals surface area contributed by atoms with Gasteiger partial charge in [0.1, 0.15) is 11.5 Å². The molecule has 0 fully saturated rings. The first-order valence-electron chi connectivity index (χ1n) is 9.61. The molecule has 0 aromatic heterocycles. The van der Waals surface area contributed by atoms with E-state index in [1.165, 1.54) is 0 Å². The number of methoxy groups -OCH3 is 2. The van der Waals surface area contributed by atoms with Crippen molar-refractivity contribution < 1.29 is 14.2 Å². The van der Waals surface area contributed by atoms with Crippen molar-refractivity contribution in [1.82, 2.24) is 10.6 Å². The highest BCUT2D eigenvalue weighted by molar-refractivity contribution is 14.0. The van der Waals surface area contributed by atoms with Crippen LogP contribution in [0.25, 0.3) is 0 Å². The normalized spacial score (nSPS) is 10.8. The summed E-state index contributed by atoms with van der Waals surface area (Å²) in [7, 11) is 3.37. The fraction of sp³-hybridized carbons (Fsp3) is 0.409. The summed E-state index contributed by atoms with van der Waals surface area (Å²) in [5.74, 6) is 2.50. The molecule has 0 spiro atoms. The number of hydrogen-bond acceptors (Lipinski definition) is 4. The third-order valence-corrected chi connectivity index (χ3v) is 4.04. The van der Waals surface area contributed by atoms with Crippen molar-refractivity contribution in [3.63, 3.8) is 0 Å². The third-order valence-electron chi connectivity index (χ3n) is 4.04. The van der Waals surface area contributed by atoms with E-state index in [9.17, 15) is 0 Å². The summed E-state index contributed by atoms with van der Waals surface area (Å²) in [6.45, 7) is 5.48. The summed E-state index contributed by atoms with van der Waals surface area (Å²) < 4.78 is 16.0. The van der Waals surface area contributed by atoms with Gasteiger partial charge >= 0.3 is 0 Å². The van der Waals surface area contributed by atoms with Gasteiger partial charge in [-0.2, -0.15) is 0 Å². The Morgan fingerprint density at radius 2 is 1.72 bits per heavy atom. The summed E-state index contributed by atoms with van der Waals surface area (Å²) in [4.78, 5) is 4.68. The van der Waals surface area contributed by atoms with E-state index in [4.69, 9.17) is 14.2 Å². The molecular formula is C22H32IN3O3. The lowest BCUT2D eigenvalue weighted by atomic mass is 10.2. The second kappa shape index (κ2) is 14.9. The van der Waals surface area contributed by atoms with E-state index in [0.29, 0.717) is 26.3 Å². The average molecular weight is 513 g/mol. The first-order chi connectivity index (χ1) is 13.7. The second-order valence-electron chi connectivity index (χ2n) is 6.24. The molecule has 29 heavy (non-hydrogen) atoms. The Balaban J connectivity index is 0.00000420. The first kappa shape index (κ1) is 25.0. The molecule has 6 nitrogen and oxygen atoms in total. The second-order valence-corrected chi connectivity index (χ2v) is 6.24. The maximum Gasteiger partial charge on any atom is 0.191 e. The van der Waals surface area contributed by atoms with E-state index in [1.807, 2.05) is 42.5 Å². The van der Waals surface area contributed by atoms with E-state index >= 15 is 0 Å². The molecule has 0 saturated heterocycles. The molecule has 0 unspecified atom stereocenters. The van der Waals surface area contributed by atoms with Crippen LogP contribution in [-0.2, 0) is 17.8 Å². The number of benzene rings is 2. The minimum absolute atomic E-state index is 0. The van der Waals surface area contributed by atoms with Gasteiger partial charge in [0.25, 0.3) is 0 Å². The van der Waals surface area contributed by atoms with Crippen LogP contribution >= 0.6 is 24.0 Å². The number of nitrogens with one attached hydrogen (secondary N) is 2. The number of rotatable bonds is 11. The molecule has 0 aliphatic carbocycles. The Kier molecular flexibility index (Phi) is 12.9. The molecule has 0 aliphatic rings. The van der Waals surface area contributed by atoms with Crippen molar-refractivity contribution in [2.75, 3.05) is 34.0 Å². The molecule has 0 heterocycles. The van der Waals surface area contributed by atoms with Crippen molar-refractivity contribution in [1.29, 1.82) is 0 Å². The number of ether oxygens (including phenoxy) is 3. The monoisotopic (exact) mass is 513 g/mol. The fourth-order valence-corrected chi connectivity index (χ4v) is 2.57. The zero-order valence-electron chi connectivity index (χ0n) is 17.4. The van der Waals surface area contributed by atoms with Crippen molar-refractivity contribution >= 4 is 29.9 Å². The van der Waals surface area contributed by atoms with Crippen LogP contribution in [0.1, 0.15) is 24.5 Å². The van der Waals surface area contributed by atoms with Gasteiger partial charge in [-0.1, -0.05) is 24.3 Å². The maximum absolute atomic E-state index is 5.76. The van der Waals surface area contributed by atoms with Crippen LogP contribution in [0.3, 0.4) is 0 Å². The summed E-state index contributed by atoms with van der Waals surface area (Å²) in [6, 6.07) is 16.0. The Morgan fingerprint density at radius 1 is 0.931 bits per heavy atom. The molecule has 7 heteroatoms. The van der Waals surface area contributed by atoms with Gasteiger partial charge in [-0.15, -0.1) is 24.0 Å². The predicted octanol–water partition coefficient (Wildman–Crippen LogP) is 3.98. The highest BCUT2D eigenvalue weighted by atomic mass is 127. The van der Waals surface area contributed by atoms with Gasteiger partial charge in [-0.3, -0.25) is 0 Å². The number of guanidine groups is 1. The lowest BCUT2D eigenvalue weighted by Gasteiger charge is -2.12. The predicted molar refractivity (Wildman–Crippen MR) is 128 cm³/mol. The molecule has 0 aliphatic heterocycles. The van der Waals surface area contributed by atoms with Gasteiger partial charge in [0.2, 0.25) is 0 Å². The first-order valence-corrected chi connectivity index (χ1v) is 9.61. The fourth-order valence-electron chi connectivity index (χ4n) is 2.57. The van der Waals surface area contributed by atoms with E-state index in [1.54, 1.807) is 14.2 Å². The van der Waals surface area contributed by atoms with Crippen molar-refractivity contribution in [2.24, 2.45) is 4.99 Å². The van der Waals surface area contributed by atoms with Crippen LogP contribution in [0.5, 0.6) is 11.5 Å². The van der Waals surface area contributed by atoms with E-state index in [0.717, 1.165) is 41.6 Å². The summed E-state index contributed by atoms with van der Waals surface area (Å²) in [5, 5.41) is 6.64. The Labute approximate surface area is 191 Å². The van der Waals surface area contributed by atoms with Crippen LogP contribution in [0.15, 0.2) is 53.5 Å². The minimum Gasteiger partial charge on any atom is -0.497 e. The third kappa shape index (κ3) is 9.85. The molecule has 2 aromatic carbocycles. The smallest absolute Gasteiger partial charge is 0.191 e. The number of nitrogens with zero attached hydrogens (tertiary/aromatic N) is 1. The summed E-state index contributed by atoms with van der Waals surface area (Å²) >= 11 is 0. The summed E-state index contributed by atoms with van der Waals surface area (Å²) in [5.41, 5.74) is 2.27. The Morgan fingerprint density at radius 3 is 2.41 bits per heavy atom. The topological polar surface area (TPSA) is 64.1 Å². The number of halogens is 1. The largest absolute Gasteiger partial charge is 0.497 e. The molecule has 0 saturated carbocycles. The molecule has 160 valence electrons. The molecule has 2 N–H and O–H groups in total. The molecule has 0 radical (unpaired) electrons. The lowest BCUT2D eigenvalue weighted by Crippen LogP contribution is -2.36. The molecule has 2 aromatic rings. The van der Waals surface area contributed by atoms with Crippen LogP contribution in [0, 0.1) is 0 Å². The SMILES string of the molecule is CCNC(=NCc1cccc(OCCCOC)c1)NCc1ccc(OC)cc1.I. The van der Waals surface area contributed by atoms with Crippen molar-refractivity contribution in [3.05, 3.63) is 59.7 Å². The molecule has 0 bridgehead atoms. The zero-order chi connectivity index (χ0) is 20.0. The molecule has 0 atom stereocenters. The van der Waals surface area contributed by atoms with Crippen LogP contribution < -0.4 is 20.1 Å². The Hall–Kier alpha value is -2.00. The number of hydrogen-bond donors (Lipinski definition) is 2. The average Bonchev–Trinajstić information content (AvgIpc) is 2.74. The molecule has 2 rings (SSSR count). The maximum atomic E-state index is 5.76. The van der Waals surface area contributed by atoms with Gasteiger partial charge < -0.3 is 24.8 Å². The van der Waals surface area contributed by atoms with Crippen molar-refractivity contribution in [2.45, 2.75) is 26.4 Å². The van der Waals surface area contributed by atoms with Gasteiger partial charge in [-0.05, 0) is 42.3 Å². The van der Waals surface area contributed by atoms with Crippen LogP contribution in [0.4, 0.5) is 0 Å². The van der Waals surface area contributed by atoms with E-state index in [2.05, 4.69) is 28.6 Å². The van der Waals surface area contributed by atoms with E-state index < -0.39 is 0 Å². The zero-order valence-corrected chi connectivity index (χ0v) is 19.8. The molecule has 0 amide bonds. The molecular weight excluding hydrogens is 481 g/mol. The quantitative estimate of drug-likeness (QED) is 0.206. The van der Waals surface area contributed by atoms with Crippen LogP contribution in [0.2, 0.25) is 0 Å². The lowest BCUT2D eigenvalue weighted by molar-refractivity contribution is 0.172. The van der Waals surface area contributed by atoms with Crippen molar-refractivity contribution in [3.8, 4) is 11.5 Å². The highest BCUT2D eigenvalue weighted by Crippen LogP contribution is 2.14. The highest BCUT2D eigenvalue weighted by Gasteiger charge is 2.01. The number of aliphatic imine (C=N–C) groups is 1. The van der Waals surface area contributed by atoms with Gasteiger partial charge in [0, 0.05) is 33.2 Å². The van der Waals surface area contributed by atoms with E-state index in [-0.39, 0.29) is 24.0 Å². The minimum atomic E-state index is 0. The van der Waals surface area contributed by atoms with Gasteiger partial charge in [0.05, 0.1) is 20.3 Å². The van der Waals surface area contributed by atoms with Gasteiger partial charge in [-0.25, -0.2) is 4.99 Å². The standard InChI is InChI=1S/C22H31N3O3.HI/c1-4-23-22(24-16-18-9-11-20(27-3)12-10-18)25-17-19-7-5-8-21(15-19)28-14-6-13-26-2;/h5,7-12,15H,4,6,13-14,16-17H2,1-3H3,(H2,23,24,25);1H. The van der Waals surface area contributed by atoms with Gasteiger partial charge in [0.15, 0.2) is 5.96 Å². The Bertz CT molecular complexity index is 723. The van der Waals surface area contributed by atoms with Crippen LogP contribution in [-0.4, -0.2) is 39.9 Å².